The summed E-state index contributed by atoms with van der Waals surface area (Å²) in [5, 5.41) is 8.79. The van der Waals surface area contributed by atoms with Crippen molar-refractivity contribution in [3.05, 3.63) is 24.3 Å². The highest BCUT2D eigenvalue weighted by atomic mass is 16.2. The minimum atomic E-state index is -0.233. The fraction of sp³-hybridized carbons (Fsp3) is 0.529. The highest BCUT2D eigenvalue weighted by molar-refractivity contribution is 5.91. The van der Waals surface area contributed by atoms with Gasteiger partial charge in [-0.3, -0.25) is 9.59 Å². The van der Waals surface area contributed by atoms with E-state index >= 15 is 0 Å². The van der Waals surface area contributed by atoms with Gasteiger partial charge >= 0.3 is 0 Å². The molecule has 2 amide bonds. The number of rotatable bonds is 6. The van der Waals surface area contributed by atoms with E-state index in [1.807, 2.05) is 58.9 Å². The van der Waals surface area contributed by atoms with Crippen LogP contribution in [0.15, 0.2) is 24.3 Å². The van der Waals surface area contributed by atoms with Crippen LogP contribution in [-0.2, 0) is 9.59 Å². The van der Waals surface area contributed by atoms with E-state index in [0.717, 1.165) is 11.4 Å². The Morgan fingerprint density at radius 3 is 2.05 bits per heavy atom. The van der Waals surface area contributed by atoms with Crippen LogP contribution >= 0.6 is 0 Å². The molecule has 3 N–H and O–H groups in total. The summed E-state index contributed by atoms with van der Waals surface area (Å²) in [5.41, 5.74) is 1.37. The summed E-state index contributed by atoms with van der Waals surface area (Å²) in [7, 11) is 0. The highest BCUT2D eigenvalue weighted by Gasteiger charge is 2.13. The fourth-order valence-electron chi connectivity index (χ4n) is 1.90. The minimum absolute atomic E-state index is 0.0141. The molecule has 1 aromatic rings. The Bertz CT molecular complexity index is 502. The van der Waals surface area contributed by atoms with Crippen LogP contribution in [0.4, 0.5) is 11.4 Å². The monoisotopic (exact) mass is 305 g/mol. The topological polar surface area (TPSA) is 70.2 Å². The first-order valence-electron chi connectivity index (χ1n) is 7.60. The van der Waals surface area contributed by atoms with Gasteiger partial charge in [-0.1, -0.05) is 13.8 Å². The second-order valence-electron chi connectivity index (χ2n) is 6.88. The third-order valence-electron chi connectivity index (χ3n) is 2.73. The second kappa shape index (κ2) is 7.82. The van der Waals surface area contributed by atoms with Gasteiger partial charge in [0.05, 0.1) is 6.54 Å². The lowest BCUT2D eigenvalue weighted by molar-refractivity contribution is -0.120. The van der Waals surface area contributed by atoms with Gasteiger partial charge in [-0.15, -0.1) is 0 Å². The predicted octanol–water partition coefficient (Wildman–Crippen LogP) is 3.00. The van der Waals surface area contributed by atoms with Crippen molar-refractivity contribution in [3.8, 4) is 0 Å². The molecular formula is C17H27N3O2. The van der Waals surface area contributed by atoms with Crippen molar-refractivity contribution in [2.75, 3.05) is 17.2 Å². The van der Waals surface area contributed by atoms with Crippen molar-refractivity contribution in [1.82, 2.24) is 5.32 Å². The molecule has 0 aliphatic rings. The lowest BCUT2D eigenvalue weighted by Gasteiger charge is -2.20. The quantitative estimate of drug-likeness (QED) is 0.756. The molecule has 0 saturated carbocycles. The number of benzene rings is 1. The molecule has 0 spiro atoms. The normalized spacial score (nSPS) is 11.2. The molecule has 0 bridgehead atoms. The molecule has 1 aromatic carbocycles. The van der Waals surface area contributed by atoms with E-state index in [1.54, 1.807) is 0 Å². The van der Waals surface area contributed by atoms with Gasteiger partial charge < -0.3 is 16.0 Å². The summed E-state index contributed by atoms with van der Waals surface area (Å²) in [4.78, 5) is 23.4. The molecule has 0 radical (unpaired) electrons. The Kier molecular flexibility index (Phi) is 6.40. The van der Waals surface area contributed by atoms with Gasteiger partial charge in [0.2, 0.25) is 11.8 Å². The summed E-state index contributed by atoms with van der Waals surface area (Å²) in [6, 6.07) is 7.33. The van der Waals surface area contributed by atoms with E-state index in [4.69, 9.17) is 0 Å². The van der Waals surface area contributed by atoms with Gasteiger partial charge in [0, 0.05) is 23.3 Å². The lowest BCUT2D eigenvalue weighted by Crippen LogP contribution is -2.43. The SMILES string of the molecule is CC(C)CC(=O)Nc1ccc(NCC(=O)NC(C)(C)C)cc1. The smallest absolute Gasteiger partial charge is 0.239 e. The van der Waals surface area contributed by atoms with E-state index in [2.05, 4.69) is 16.0 Å². The van der Waals surface area contributed by atoms with Crippen molar-refractivity contribution in [2.45, 2.75) is 46.6 Å². The maximum Gasteiger partial charge on any atom is 0.239 e. The molecule has 5 nitrogen and oxygen atoms in total. The number of nitrogens with one attached hydrogen (secondary N) is 3. The Morgan fingerprint density at radius 2 is 1.55 bits per heavy atom. The zero-order valence-corrected chi connectivity index (χ0v) is 14.1. The van der Waals surface area contributed by atoms with E-state index in [0.29, 0.717) is 12.3 Å². The van der Waals surface area contributed by atoms with Gasteiger partial charge in [0.15, 0.2) is 0 Å². The van der Waals surface area contributed by atoms with Crippen LogP contribution < -0.4 is 16.0 Å². The summed E-state index contributed by atoms with van der Waals surface area (Å²) in [6.45, 7) is 10.1. The minimum Gasteiger partial charge on any atom is -0.376 e. The van der Waals surface area contributed by atoms with Gasteiger partial charge in [0.25, 0.3) is 0 Å². The largest absolute Gasteiger partial charge is 0.376 e. The number of amides is 2. The molecule has 0 saturated heterocycles. The summed E-state index contributed by atoms with van der Waals surface area (Å²) in [5.74, 6) is 0.296. The summed E-state index contributed by atoms with van der Waals surface area (Å²) in [6.07, 6.45) is 0.507. The van der Waals surface area contributed by atoms with Crippen LogP contribution in [0, 0.1) is 5.92 Å². The van der Waals surface area contributed by atoms with Gasteiger partial charge in [-0.25, -0.2) is 0 Å². The van der Waals surface area contributed by atoms with Crippen LogP contribution in [0.25, 0.3) is 0 Å². The Balaban J connectivity index is 2.45. The standard InChI is InChI=1S/C17H27N3O2/c1-12(2)10-15(21)19-14-8-6-13(7-9-14)18-11-16(22)20-17(3,4)5/h6-9,12,18H,10-11H2,1-5H3,(H,19,21)(H,20,22). The average molecular weight is 305 g/mol. The fourth-order valence-corrected chi connectivity index (χ4v) is 1.90. The molecule has 122 valence electrons. The van der Waals surface area contributed by atoms with Gasteiger partial charge in [0.1, 0.15) is 0 Å². The molecule has 5 heteroatoms. The number of carbonyl (C=O) groups excluding carboxylic acids is 2. The number of hydrogen-bond donors (Lipinski definition) is 3. The summed E-state index contributed by atoms with van der Waals surface area (Å²) >= 11 is 0. The molecule has 0 aliphatic heterocycles. The molecule has 0 atom stereocenters. The molecule has 0 aromatic heterocycles. The van der Waals surface area contributed by atoms with Crippen LogP contribution in [0.1, 0.15) is 41.0 Å². The zero-order valence-electron chi connectivity index (χ0n) is 14.1. The van der Waals surface area contributed by atoms with Crippen molar-refractivity contribution in [3.63, 3.8) is 0 Å². The molecule has 0 heterocycles. The first-order valence-corrected chi connectivity index (χ1v) is 7.60. The molecule has 0 aliphatic carbocycles. The third-order valence-corrected chi connectivity index (χ3v) is 2.73. The first-order chi connectivity index (χ1) is 10.2. The number of hydrogen-bond acceptors (Lipinski definition) is 3. The predicted molar refractivity (Wildman–Crippen MR) is 90.9 cm³/mol. The maximum absolute atomic E-state index is 11.7. The van der Waals surface area contributed by atoms with Gasteiger partial charge in [-0.05, 0) is 51.0 Å². The van der Waals surface area contributed by atoms with Crippen LogP contribution in [0.2, 0.25) is 0 Å². The van der Waals surface area contributed by atoms with Crippen molar-refractivity contribution in [1.29, 1.82) is 0 Å². The maximum atomic E-state index is 11.7. The molecular weight excluding hydrogens is 278 g/mol. The third kappa shape index (κ3) is 7.67. The van der Waals surface area contributed by atoms with E-state index in [-0.39, 0.29) is 23.9 Å². The zero-order chi connectivity index (χ0) is 16.8. The lowest BCUT2D eigenvalue weighted by atomic mass is 10.1. The van der Waals surface area contributed by atoms with E-state index in [1.165, 1.54) is 0 Å². The van der Waals surface area contributed by atoms with Crippen molar-refractivity contribution >= 4 is 23.2 Å². The molecule has 0 unspecified atom stereocenters. The average Bonchev–Trinajstić information content (AvgIpc) is 2.35. The van der Waals surface area contributed by atoms with Crippen LogP contribution in [0.5, 0.6) is 0 Å². The van der Waals surface area contributed by atoms with Crippen molar-refractivity contribution < 1.29 is 9.59 Å². The Morgan fingerprint density at radius 1 is 1.00 bits per heavy atom. The van der Waals surface area contributed by atoms with Gasteiger partial charge in [-0.2, -0.15) is 0 Å². The molecule has 0 fully saturated rings. The van der Waals surface area contributed by atoms with Crippen LogP contribution in [0.3, 0.4) is 0 Å². The first kappa shape index (κ1) is 18.0. The number of anilines is 2. The molecule has 22 heavy (non-hydrogen) atoms. The van der Waals surface area contributed by atoms with E-state index < -0.39 is 0 Å². The Labute approximate surface area is 132 Å². The van der Waals surface area contributed by atoms with Crippen LogP contribution in [-0.4, -0.2) is 23.9 Å². The second-order valence-corrected chi connectivity index (χ2v) is 6.88. The highest BCUT2D eigenvalue weighted by Crippen LogP contribution is 2.14. The van der Waals surface area contributed by atoms with E-state index in [9.17, 15) is 9.59 Å². The van der Waals surface area contributed by atoms with Crippen molar-refractivity contribution in [2.24, 2.45) is 5.92 Å². The summed E-state index contributed by atoms with van der Waals surface area (Å²) < 4.78 is 0. The number of carbonyl (C=O) groups is 2. The molecule has 1 rings (SSSR count). The Hall–Kier alpha value is -2.04.